The number of benzene rings is 1. The van der Waals surface area contributed by atoms with Crippen molar-refractivity contribution in [1.29, 1.82) is 0 Å². The van der Waals surface area contributed by atoms with E-state index in [2.05, 4.69) is 9.97 Å². The number of hydrogen-bond donors (Lipinski definition) is 1. The van der Waals surface area contributed by atoms with Gasteiger partial charge in [-0.3, -0.25) is 9.36 Å². The monoisotopic (exact) mass is 261 g/mol. The zero-order chi connectivity index (χ0) is 12.7. The van der Waals surface area contributed by atoms with Crippen LogP contribution >= 0.6 is 11.6 Å². The molecule has 92 valence electrons. The molecule has 0 unspecified atom stereocenters. The molecule has 0 bridgehead atoms. The highest BCUT2D eigenvalue weighted by molar-refractivity contribution is 6.17. The molecule has 0 aliphatic rings. The number of H-pyrrole nitrogens is 1. The number of fused-ring (bicyclic) bond motifs is 3. The summed E-state index contributed by atoms with van der Waals surface area (Å²) in [7, 11) is 0. The normalized spacial score (nSPS) is 11.4. The van der Waals surface area contributed by atoms with E-state index in [4.69, 9.17) is 11.6 Å². The molecule has 0 aliphatic carbocycles. The Balaban J connectivity index is 2.46. The maximum Gasteiger partial charge on any atom is 0.277 e. The van der Waals surface area contributed by atoms with Crippen LogP contribution in [0.25, 0.3) is 21.9 Å². The van der Waals surface area contributed by atoms with E-state index >= 15 is 0 Å². The van der Waals surface area contributed by atoms with E-state index in [1.165, 1.54) is 0 Å². The predicted molar refractivity (Wildman–Crippen MR) is 73.3 cm³/mol. The van der Waals surface area contributed by atoms with Gasteiger partial charge < -0.3 is 4.98 Å². The number of nitrogens with zero attached hydrogens (tertiary/aromatic N) is 2. The summed E-state index contributed by atoms with van der Waals surface area (Å²) in [6, 6.07) is 7.78. The summed E-state index contributed by atoms with van der Waals surface area (Å²) >= 11 is 5.71. The number of hydrogen-bond acceptors (Lipinski definition) is 2. The van der Waals surface area contributed by atoms with Crippen molar-refractivity contribution in [2.24, 2.45) is 0 Å². The Morgan fingerprint density at radius 2 is 2.17 bits per heavy atom. The molecule has 5 heteroatoms. The Kier molecular flexibility index (Phi) is 2.59. The van der Waals surface area contributed by atoms with Gasteiger partial charge in [-0.2, -0.15) is 0 Å². The van der Waals surface area contributed by atoms with Gasteiger partial charge in [-0.05, 0) is 13.0 Å². The van der Waals surface area contributed by atoms with Crippen molar-refractivity contribution in [1.82, 2.24) is 14.5 Å². The van der Waals surface area contributed by atoms with Crippen LogP contribution in [0.15, 0.2) is 29.1 Å². The lowest BCUT2D eigenvalue weighted by atomic mass is 10.2. The van der Waals surface area contributed by atoms with Crippen LogP contribution in [0, 0.1) is 6.92 Å². The molecule has 2 aromatic heterocycles. The van der Waals surface area contributed by atoms with E-state index in [9.17, 15) is 4.79 Å². The molecule has 0 radical (unpaired) electrons. The largest absolute Gasteiger partial charge is 0.349 e. The molecule has 1 aromatic carbocycles. The summed E-state index contributed by atoms with van der Waals surface area (Å²) in [5.41, 5.74) is 2.15. The molecule has 3 aromatic rings. The second-order valence-electron chi connectivity index (χ2n) is 4.20. The summed E-state index contributed by atoms with van der Waals surface area (Å²) in [5, 5.41) is 0.978. The molecule has 0 amide bonds. The summed E-state index contributed by atoms with van der Waals surface area (Å²) in [6.07, 6.45) is 0. The molecule has 4 nitrogen and oxygen atoms in total. The fourth-order valence-corrected chi connectivity index (χ4v) is 2.42. The Hall–Kier alpha value is -1.81. The molecule has 0 saturated carbocycles. The average molecular weight is 262 g/mol. The number of nitrogens with one attached hydrogen (secondary N) is 1. The van der Waals surface area contributed by atoms with Gasteiger partial charge in [0.15, 0.2) is 0 Å². The van der Waals surface area contributed by atoms with Crippen molar-refractivity contribution in [2.45, 2.75) is 13.5 Å². The van der Waals surface area contributed by atoms with E-state index in [0.29, 0.717) is 23.8 Å². The number of aromatic nitrogens is 3. The Morgan fingerprint density at radius 3 is 2.94 bits per heavy atom. The van der Waals surface area contributed by atoms with Gasteiger partial charge in [0.1, 0.15) is 16.9 Å². The van der Waals surface area contributed by atoms with Gasteiger partial charge in [-0.25, -0.2) is 4.98 Å². The summed E-state index contributed by atoms with van der Waals surface area (Å²) in [4.78, 5) is 20.0. The van der Waals surface area contributed by atoms with Crippen molar-refractivity contribution in [3.8, 4) is 0 Å². The van der Waals surface area contributed by atoms with Crippen molar-refractivity contribution >= 4 is 33.5 Å². The molecule has 0 aliphatic heterocycles. The van der Waals surface area contributed by atoms with E-state index in [1.54, 1.807) is 4.57 Å². The number of aryl methyl sites for hydroxylation is 1. The zero-order valence-corrected chi connectivity index (χ0v) is 10.7. The van der Waals surface area contributed by atoms with Crippen LogP contribution in [0.3, 0.4) is 0 Å². The lowest BCUT2D eigenvalue weighted by Gasteiger charge is -2.06. The van der Waals surface area contributed by atoms with Gasteiger partial charge in [-0.1, -0.05) is 18.2 Å². The van der Waals surface area contributed by atoms with E-state index in [-0.39, 0.29) is 5.56 Å². The standard InChI is InChI=1S/C13H12ClN3O/c1-8-15-11-9-4-2-3-5-10(9)16-12(11)13(18)17(8)7-6-14/h2-5,16H,6-7H2,1H3. The minimum atomic E-state index is -0.0608. The average Bonchev–Trinajstić information content (AvgIpc) is 2.74. The number of alkyl halides is 1. The van der Waals surface area contributed by atoms with E-state index < -0.39 is 0 Å². The van der Waals surface area contributed by atoms with Crippen molar-refractivity contribution in [3.63, 3.8) is 0 Å². The van der Waals surface area contributed by atoms with E-state index in [1.807, 2.05) is 31.2 Å². The van der Waals surface area contributed by atoms with Crippen LogP contribution in [0.5, 0.6) is 0 Å². The third-order valence-corrected chi connectivity index (χ3v) is 3.28. The first-order valence-corrected chi connectivity index (χ1v) is 6.29. The smallest absolute Gasteiger partial charge is 0.277 e. The predicted octanol–water partition coefficient (Wildman–Crippen LogP) is 2.43. The lowest BCUT2D eigenvalue weighted by molar-refractivity contribution is 0.689. The molecular formula is C13H12ClN3O. The minimum absolute atomic E-state index is 0.0608. The highest BCUT2D eigenvalue weighted by Crippen LogP contribution is 2.21. The molecule has 18 heavy (non-hydrogen) atoms. The van der Waals surface area contributed by atoms with E-state index in [0.717, 1.165) is 16.4 Å². The molecule has 0 saturated heterocycles. The molecule has 0 fully saturated rings. The van der Waals surface area contributed by atoms with Crippen molar-refractivity contribution in [3.05, 3.63) is 40.4 Å². The van der Waals surface area contributed by atoms with Gasteiger partial charge in [0, 0.05) is 23.3 Å². The summed E-state index contributed by atoms with van der Waals surface area (Å²) < 4.78 is 1.60. The number of para-hydroxylation sites is 1. The number of rotatable bonds is 2. The SMILES string of the molecule is Cc1nc2c([nH]c3ccccc32)c(=O)n1CCCl. The topological polar surface area (TPSA) is 50.7 Å². The second kappa shape index (κ2) is 4.14. The Morgan fingerprint density at radius 1 is 1.39 bits per heavy atom. The van der Waals surface area contributed by atoms with Crippen LogP contribution in [-0.2, 0) is 6.54 Å². The quantitative estimate of drug-likeness (QED) is 0.721. The van der Waals surface area contributed by atoms with Crippen LogP contribution in [0.4, 0.5) is 0 Å². The number of halogens is 1. The first-order chi connectivity index (χ1) is 8.72. The van der Waals surface area contributed by atoms with Crippen molar-refractivity contribution < 1.29 is 0 Å². The first kappa shape index (κ1) is 11.3. The van der Waals surface area contributed by atoms with Gasteiger partial charge in [0.25, 0.3) is 5.56 Å². The third-order valence-electron chi connectivity index (χ3n) is 3.11. The maximum absolute atomic E-state index is 12.3. The molecule has 0 atom stereocenters. The van der Waals surface area contributed by atoms with Gasteiger partial charge in [0.05, 0.1) is 0 Å². The summed E-state index contributed by atoms with van der Waals surface area (Å²) in [6.45, 7) is 2.31. The van der Waals surface area contributed by atoms with Gasteiger partial charge in [-0.15, -0.1) is 11.6 Å². The second-order valence-corrected chi connectivity index (χ2v) is 4.58. The fraction of sp³-hybridized carbons (Fsp3) is 0.231. The molecule has 1 N–H and O–H groups in total. The lowest BCUT2D eigenvalue weighted by Crippen LogP contribution is -2.24. The van der Waals surface area contributed by atoms with Crippen LogP contribution < -0.4 is 5.56 Å². The molecule has 3 rings (SSSR count). The Labute approximate surface area is 108 Å². The minimum Gasteiger partial charge on any atom is -0.349 e. The number of aromatic amines is 1. The maximum atomic E-state index is 12.3. The zero-order valence-electron chi connectivity index (χ0n) is 9.90. The molecular weight excluding hydrogens is 250 g/mol. The van der Waals surface area contributed by atoms with Crippen LogP contribution in [-0.4, -0.2) is 20.4 Å². The Bertz CT molecular complexity index is 788. The van der Waals surface area contributed by atoms with Gasteiger partial charge in [0.2, 0.25) is 0 Å². The van der Waals surface area contributed by atoms with Crippen LogP contribution in [0.2, 0.25) is 0 Å². The van der Waals surface area contributed by atoms with Gasteiger partial charge >= 0.3 is 0 Å². The highest BCUT2D eigenvalue weighted by Gasteiger charge is 2.12. The third kappa shape index (κ3) is 1.53. The molecule has 2 heterocycles. The van der Waals surface area contributed by atoms with Crippen LogP contribution in [0.1, 0.15) is 5.82 Å². The summed E-state index contributed by atoms with van der Waals surface area (Å²) in [5.74, 6) is 1.09. The highest BCUT2D eigenvalue weighted by atomic mass is 35.5. The first-order valence-electron chi connectivity index (χ1n) is 5.76. The van der Waals surface area contributed by atoms with Crippen molar-refractivity contribution in [2.75, 3.05) is 5.88 Å². The fourth-order valence-electron chi connectivity index (χ4n) is 2.25. The molecule has 0 spiro atoms.